The number of nitrogens with one attached hydrogen (secondary N) is 1. The van der Waals surface area contributed by atoms with Crippen LogP contribution in [-0.2, 0) is 10.0 Å². The smallest absolute Gasteiger partial charge is 0.258 e. The van der Waals surface area contributed by atoms with Crippen molar-refractivity contribution in [1.82, 2.24) is 4.72 Å². The van der Waals surface area contributed by atoms with Crippen LogP contribution in [0.2, 0.25) is 0 Å². The molecule has 0 atom stereocenters. The molecular weight excluding hydrogens is 316 g/mol. The second-order valence-electron chi connectivity index (χ2n) is 4.75. The number of hydrogen-bond donors (Lipinski definition) is 1. The van der Waals surface area contributed by atoms with Gasteiger partial charge in [0, 0.05) is 18.7 Å². The number of hydrogen-bond acceptors (Lipinski definition) is 4. The van der Waals surface area contributed by atoms with Crippen molar-refractivity contribution in [2.45, 2.75) is 11.3 Å². The van der Waals surface area contributed by atoms with Gasteiger partial charge in [0.1, 0.15) is 0 Å². The number of nitrogens with zero attached hydrogens (tertiary/aromatic N) is 1. The van der Waals surface area contributed by atoms with Crippen molar-refractivity contribution in [2.75, 3.05) is 6.54 Å². The summed E-state index contributed by atoms with van der Waals surface area (Å²) >= 11 is 0. The monoisotopic (exact) mass is 332 g/mol. The quantitative estimate of drug-likeness (QED) is 0.479. The Morgan fingerprint density at radius 1 is 1.04 bits per heavy atom. The van der Waals surface area contributed by atoms with Crippen LogP contribution in [-0.4, -0.2) is 19.9 Å². The topological polar surface area (TPSA) is 89.3 Å². The van der Waals surface area contributed by atoms with Crippen LogP contribution in [0.25, 0.3) is 6.08 Å². The van der Waals surface area contributed by atoms with Gasteiger partial charge in [0.15, 0.2) is 0 Å². The molecule has 0 saturated carbocycles. The molecule has 2 aromatic carbocycles. The summed E-state index contributed by atoms with van der Waals surface area (Å²) in [5.74, 6) is 0. The fraction of sp³-hybridized carbons (Fsp3) is 0.125. The van der Waals surface area contributed by atoms with E-state index in [1.807, 2.05) is 42.5 Å². The van der Waals surface area contributed by atoms with Gasteiger partial charge in [-0.05, 0) is 24.1 Å². The van der Waals surface area contributed by atoms with Crippen LogP contribution in [0.15, 0.2) is 65.6 Å². The first-order chi connectivity index (χ1) is 11.0. The molecule has 0 saturated heterocycles. The Hall–Kier alpha value is -2.51. The maximum absolute atomic E-state index is 12.0. The SMILES string of the molecule is O=[N+]([O-])c1ccc(S(=O)(=O)NCC/C=C/c2ccccc2)cc1. The number of non-ortho nitro benzene ring substituents is 1. The Balaban J connectivity index is 1.89. The first-order valence-electron chi connectivity index (χ1n) is 6.95. The zero-order valence-electron chi connectivity index (χ0n) is 12.3. The normalized spacial score (nSPS) is 11.7. The maximum atomic E-state index is 12.0. The third kappa shape index (κ3) is 5.01. The zero-order valence-corrected chi connectivity index (χ0v) is 13.1. The molecule has 0 aromatic heterocycles. The van der Waals surface area contributed by atoms with Gasteiger partial charge < -0.3 is 0 Å². The highest BCUT2D eigenvalue weighted by molar-refractivity contribution is 7.89. The minimum atomic E-state index is -3.65. The molecule has 7 heteroatoms. The van der Waals surface area contributed by atoms with Crippen molar-refractivity contribution >= 4 is 21.8 Å². The summed E-state index contributed by atoms with van der Waals surface area (Å²) in [7, 11) is -3.65. The molecule has 0 amide bonds. The van der Waals surface area contributed by atoms with Crippen LogP contribution in [0.5, 0.6) is 0 Å². The molecule has 0 aliphatic rings. The van der Waals surface area contributed by atoms with Crippen molar-refractivity contribution in [3.05, 3.63) is 76.4 Å². The molecule has 0 radical (unpaired) electrons. The molecule has 1 N–H and O–H groups in total. The first kappa shape index (κ1) is 16.9. The van der Waals surface area contributed by atoms with Gasteiger partial charge in [0.05, 0.1) is 9.82 Å². The number of benzene rings is 2. The summed E-state index contributed by atoms with van der Waals surface area (Å²) in [6.07, 6.45) is 4.34. The fourth-order valence-corrected chi connectivity index (χ4v) is 2.94. The highest BCUT2D eigenvalue weighted by Gasteiger charge is 2.14. The van der Waals surface area contributed by atoms with Crippen LogP contribution in [0.1, 0.15) is 12.0 Å². The Kier molecular flexibility index (Phi) is 5.61. The van der Waals surface area contributed by atoms with Crippen molar-refractivity contribution in [3.8, 4) is 0 Å². The number of rotatable bonds is 7. The van der Waals surface area contributed by atoms with E-state index in [9.17, 15) is 18.5 Å². The van der Waals surface area contributed by atoms with Gasteiger partial charge in [-0.1, -0.05) is 42.5 Å². The van der Waals surface area contributed by atoms with E-state index in [1.165, 1.54) is 24.3 Å². The number of nitro groups is 1. The molecule has 0 aliphatic carbocycles. The molecule has 120 valence electrons. The van der Waals surface area contributed by atoms with Crippen LogP contribution < -0.4 is 4.72 Å². The summed E-state index contributed by atoms with van der Waals surface area (Å²) in [6.45, 7) is 0.253. The second kappa shape index (κ2) is 7.66. The summed E-state index contributed by atoms with van der Waals surface area (Å²) in [5.41, 5.74) is 0.903. The van der Waals surface area contributed by atoms with E-state index in [4.69, 9.17) is 0 Å². The first-order valence-corrected chi connectivity index (χ1v) is 8.43. The molecule has 23 heavy (non-hydrogen) atoms. The van der Waals surface area contributed by atoms with Crippen molar-refractivity contribution in [3.63, 3.8) is 0 Å². The molecule has 0 fully saturated rings. The number of sulfonamides is 1. The largest absolute Gasteiger partial charge is 0.269 e. The van der Waals surface area contributed by atoms with Gasteiger partial charge in [-0.2, -0.15) is 0 Å². The molecule has 0 heterocycles. The van der Waals surface area contributed by atoms with E-state index in [0.717, 1.165) is 5.56 Å². The third-order valence-corrected chi connectivity index (χ3v) is 4.55. The Labute approximate surface area is 134 Å². The fourth-order valence-electron chi connectivity index (χ4n) is 1.89. The molecule has 0 unspecified atom stereocenters. The molecule has 0 bridgehead atoms. The maximum Gasteiger partial charge on any atom is 0.269 e. The lowest BCUT2D eigenvalue weighted by Crippen LogP contribution is -2.24. The van der Waals surface area contributed by atoms with Gasteiger partial charge >= 0.3 is 0 Å². The van der Waals surface area contributed by atoms with Crippen molar-refractivity contribution in [1.29, 1.82) is 0 Å². The van der Waals surface area contributed by atoms with Gasteiger partial charge in [-0.15, -0.1) is 0 Å². The van der Waals surface area contributed by atoms with Gasteiger partial charge in [-0.3, -0.25) is 10.1 Å². The average molecular weight is 332 g/mol. The minimum absolute atomic E-state index is 0.00939. The lowest BCUT2D eigenvalue weighted by Gasteiger charge is -2.05. The second-order valence-corrected chi connectivity index (χ2v) is 6.52. The van der Waals surface area contributed by atoms with Gasteiger partial charge in [0.25, 0.3) is 5.69 Å². The Bertz CT molecular complexity index is 785. The van der Waals surface area contributed by atoms with Gasteiger partial charge in [-0.25, -0.2) is 13.1 Å². The lowest BCUT2D eigenvalue weighted by molar-refractivity contribution is -0.384. The van der Waals surface area contributed by atoms with Crippen LogP contribution in [0, 0.1) is 10.1 Å². The standard InChI is InChI=1S/C16H16N2O4S/c19-18(20)15-9-11-16(12-10-15)23(21,22)17-13-5-4-8-14-6-2-1-3-7-14/h1-4,6-12,17H,5,13H2/b8-4+. The highest BCUT2D eigenvalue weighted by Crippen LogP contribution is 2.15. The summed E-state index contributed by atoms with van der Waals surface area (Å²) in [4.78, 5) is 9.99. The summed E-state index contributed by atoms with van der Waals surface area (Å²) in [5, 5.41) is 10.6. The molecule has 0 spiro atoms. The van der Waals surface area contributed by atoms with E-state index in [2.05, 4.69) is 4.72 Å². The summed E-state index contributed by atoms with van der Waals surface area (Å²) in [6, 6.07) is 14.5. The minimum Gasteiger partial charge on any atom is -0.258 e. The van der Waals surface area contributed by atoms with Crippen molar-refractivity contribution in [2.24, 2.45) is 0 Å². The average Bonchev–Trinajstić information content (AvgIpc) is 2.55. The molecule has 6 nitrogen and oxygen atoms in total. The van der Waals surface area contributed by atoms with E-state index < -0.39 is 14.9 Å². The van der Waals surface area contributed by atoms with E-state index in [0.29, 0.717) is 6.42 Å². The predicted octanol–water partition coefficient (Wildman–Crippen LogP) is 2.98. The molecule has 2 aromatic rings. The Morgan fingerprint density at radius 2 is 1.70 bits per heavy atom. The lowest BCUT2D eigenvalue weighted by atomic mass is 10.2. The zero-order chi connectivity index (χ0) is 16.7. The number of nitro benzene ring substituents is 1. The van der Waals surface area contributed by atoms with E-state index >= 15 is 0 Å². The molecule has 0 aliphatic heterocycles. The summed E-state index contributed by atoms with van der Waals surface area (Å²) < 4.78 is 26.5. The Morgan fingerprint density at radius 3 is 2.30 bits per heavy atom. The van der Waals surface area contributed by atoms with E-state index in [-0.39, 0.29) is 17.1 Å². The van der Waals surface area contributed by atoms with Crippen LogP contribution in [0.3, 0.4) is 0 Å². The van der Waals surface area contributed by atoms with Crippen LogP contribution >= 0.6 is 0 Å². The third-order valence-electron chi connectivity index (χ3n) is 3.07. The van der Waals surface area contributed by atoms with E-state index in [1.54, 1.807) is 0 Å². The van der Waals surface area contributed by atoms with Gasteiger partial charge in [0.2, 0.25) is 10.0 Å². The van der Waals surface area contributed by atoms with Crippen molar-refractivity contribution < 1.29 is 13.3 Å². The highest BCUT2D eigenvalue weighted by atomic mass is 32.2. The van der Waals surface area contributed by atoms with Crippen LogP contribution in [0.4, 0.5) is 5.69 Å². The predicted molar refractivity (Wildman–Crippen MR) is 88.4 cm³/mol. The molecular formula is C16H16N2O4S. The molecule has 2 rings (SSSR count).